The van der Waals surface area contributed by atoms with Gasteiger partial charge in [0.15, 0.2) is 0 Å². The summed E-state index contributed by atoms with van der Waals surface area (Å²) in [6.07, 6.45) is 3.92. The largest absolute Gasteiger partial charge is 0.497 e. The van der Waals surface area contributed by atoms with Crippen molar-refractivity contribution in [2.24, 2.45) is 0 Å². The number of hydrogen-bond donors (Lipinski definition) is 0. The van der Waals surface area contributed by atoms with E-state index in [0.29, 0.717) is 0 Å². The molecule has 1 heterocycles. The predicted octanol–water partition coefficient (Wildman–Crippen LogP) is 3.49. The second-order valence-electron chi connectivity index (χ2n) is 4.85. The van der Waals surface area contributed by atoms with E-state index in [1.165, 1.54) is 16.9 Å². The van der Waals surface area contributed by atoms with Crippen LogP contribution in [0.1, 0.15) is 19.4 Å². The molecule has 0 unspecified atom stereocenters. The Kier molecular flexibility index (Phi) is 2.74. The van der Waals surface area contributed by atoms with Crippen molar-refractivity contribution in [3.05, 3.63) is 48.2 Å². The van der Waals surface area contributed by atoms with Crippen LogP contribution in [0.15, 0.2) is 42.6 Å². The molecule has 0 saturated heterocycles. The summed E-state index contributed by atoms with van der Waals surface area (Å²) in [5, 5.41) is 0. The predicted molar refractivity (Wildman–Crippen MR) is 72.7 cm³/mol. The van der Waals surface area contributed by atoms with Crippen LogP contribution >= 0.6 is 0 Å². The van der Waals surface area contributed by atoms with Crippen LogP contribution < -0.4 is 9.64 Å². The van der Waals surface area contributed by atoms with Gasteiger partial charge in [-0.15, -0.1) is 0 Å². The first-order valence-electron chi connectivity index (χ1n) is 5.78. The highest BCUT2D eigenvalue weighted by molar-refractivity contribution is 5.71. The summed E-state index contributed by atoms with van der Waals surface area (Å²) in [4.78, 5) is 2.22. The third-order valence-corrected chi connectivity index (χ3v) is 3.52. The minimum Gasteiger partial charge on any atom is -0.497 e. The Morgan fingerprint density at radius 3 is 2.65 bits per heavy atom. The third-order valence-electron chi connectivity index (χ3n) is 3.52. The molecule has 90 valence electrons. The van der Waals surface area contributed by atoms with Gasteiger partial charge in [0.05, 0.1) is 7.11 Å². The summed E-state index contributed by atoms with van der Waals surface area (Å²) >= 11 is 0. The summed E-state index contributed by atoms with van der Waals surface area (Å²) in [5.74, 6) is 0.907. The van der Waals surface area contributed by atoms with Crippen LogP contribution in [-0.2, 0) is 5.41 Å². The van der Waals surface area contributed by atoms with Gasteiger partial charge in [0.25, 0.3) is 0 Å². The zero-order valence-corrected chi connectivity index (χ0v) is 10.9. The molecule has 0 spiro atoms. The van der Waals surface area contributed by atoms with Crippen LogP contribution in [0.4, 0.5) is 5.69 Å². The molecule has 0 bridgehead atoms. The minimum absolute atomic E-state index is 0.00713. The molecule has 2 rings (SSSR count). The Labute approximate surface area is 103 Å². The molecule has 0 radical (unpaired) electrons. The molecule has 1 aliphatic rings. The van der Waals surface area contributed by atoms with Crippen LogP contribution in [0.5, 0.6) is 5.75 Å². The van der Waals surface area contributed by atoms with Crippen molar-refractivity contribution >= 4 is 5.69 Å². The lowest BCUT2D eigenvalue weighted by Gasteiger charge is -2.23. The average Bonchev–Trinajstić information content (AvgIpc) is 2.51. The summed E-state index contributed by atoms with van der Waals surface area (Å²) in [7, 11) is 3.79. The van der Waals surface area contributed by atoms with Gasteiger partial charge < -0.3 is 9.64 Å². The Balaban J connectivity index is 2.62. The summed E-state index contributed by atoms with van der Waals surface area (Å²) in [5.41, 5.74) is 3.79. The van der Waals surface area contributed by atoms with E-state index in [1.807, 2.05) is 12.1 Å². The Bertz CT molecular complexity index is 486. The topological polar surface area (TPSA) is 12.5 Å². The maximum Gasteiger partial charge on any atom is 0.119 e. The molecular weight excluding hydrogens is 210 g/mol. The Morgan fingerprint density at radius 2 is 2.06 bits per heavy atom. The number of ether oxygens (including phenoxy) is 1. The van der Waals surface area contributed by atoms with Crippen molar-refractivity contribution < 1.29 is 4.74 Å². The van der Waals surface area contributed by atoms with E-state index in [-0.39, 0.29) is 5.41 Å². The lowest BCUT2D eigenvalue weighted by atomic mass is 9.83. The second kappa shape index (κ2) is 3.95. The van der Waals surface area contributed by atoms with Gasteiger partial charge in [0.2, 0.25) is 0 Å². The standard InChI is InChI=1S/C15H19NO/c1-6-7-14-15(2,3)12-10-11(17-5)8-9-13(12)16(14)4/h6-10H,1H2,2-5H3/b14-7-. The van der Waals surface area contributed by atoms with Crippen molar-refractivity contribution in [3.8, 4) is 5.75 Å². The lowest BCUT2D eigenvalue weighted by Crippen LogP contribution is -2.22. The summed E-state index contributed by atoms with van der Waals surface area (Å²) in [6, 6.07) is 6.23. The first kappa shape index (κ1) is 11.8. The number of fused-ring (bicyclic) bond motifs is 1. The van der Waals surface area contributed by atoms with E-state index in [0.717, 1.165) is 5.75 Å². The first-order chi connectivity index (χ1) is 8.02. The van der Waals surface area contributed by atoms with Crippen molar-refractivity contribution in [2.45, 2.75) is 19.3 Å². The number of nitrogens with zero attached hydrogens (tertiary/aromatic N) is 1. The zero-order chi connectivity index (χ0) is 12.6. The van der Waals surface area contributed by atoms with Gasteiger partial charge in [0, 0.05) is 23.8 Å². The fourth-order valence-electron chi connectivity index (χ4n) is 2.55. The maximum atomic E-state index is 5.31. The number of hydrogen-bond acceptors (Lipinski definition) is 2. The molecule has 0 aromatic heterocycles. The summed E-state index contributed by atoms with van der Waals surface area (Å²) < 4.78 is 5.31. The molecule has 17 heavy (non-hydrogen) atoms. The second-order valence-corrected chi connectivity index (χ2v) is 4.85. The lowest BCUT2D eigenvalue weighted by molar-refractivity contribution is 0.413. The fraction of sp³-hybridized carbons (Fsp3) is 0.333. The maximum absolute atomic E-state index is 5.31. The molecule has 0 amide bonds. The molecule has 2 heteroatoms. The molecule has 1 aliphatic heterocycles. The van der Waals surface area contributed by atoms with Gasteiger partial charge in [0.1, 0.15) is 5.75 Å². The van der Waals surface area contributed by atoms with Crippen molar-refractivity contribution in [3.63, 3.8) is 0 Å². The molecule has 1 aromatic rings. The monoisotopic (exact) mass is 229 g/mol. The van der Waals surface area contributed by atoms with Crippen molar-refractivity contribution in [1.29, 1.82) is 0 Å². The normalized spacial score (nSPS) is 19.3. The van der Waals surface area contributed by atoms with E-state index < -0.39 is 0 Å². The Hall–Kier alpha value is -1.70. The quantitative estimate of drug-likeness (QED) is 0.769. The molecular formula is C15H19NO. The number of benzene rings is 1. The zero-order valence-electron chi connectivity index (χ0n) is 10.9. The third kappa shape index (κ3) is 1.64. The smallest absolute Gasteiger partial charge is 0.119 e. The van der Waals surface area contributed by atoms with E-state index in [9.17, 15) is 0 Å². The van der Waals surface area contributed by atoms with Gasteiger partial charge >= 0.3 is 0 Å². The van der Waals surface area contributed by atoms with Gasteiger partial charge in [-0.05, 0) is 29.8 Å². The van der Waals surface area contributed by atoms with Crippen LogP contribution in [0.25, 0.3) is 0 Å². The van der Waals surface area contributed by atoms with Gasteiger partial charge in [-0.25, -0.2) is 0 Å². The number of rotatable bonds is 2. The Morgan fingerprint density at radius 1 is 1.35 bits per heavy atom. The average molecular weight is 229 g/mol. The van der Waals surface area contributed by atoms with E-state index in [2.05, 4.69) is 50.6 Å². The molecule has 2 nitrogen and oxygen atoms in total. The molecule has 0 N–H and O–H groups in total. The highest BCUT2D eigenvalue weighted by Crippen LogP contribution is 2.47. The van der Waals surface area contributed by atoms with Crippen molar-refractivity contribution in [2.75, 3.05) is 19.1 Å². The van der Waals surface area contributed by atoms with E-state index in [1.54, 1.807) is 7.11 Å². The summed E-state index contributed by atoms with van der Waals surface area (Å²) in [6.45, 7) is 8.25. The van der Waals surface area contributed by atoms with Gasteiger partial charge in [-0.2, -0.15) is 0 Å². The molecule has 0 aliphatic carbocycles. The number of allylic oxidation sites excluding steroid dienone is 3. The molecule has 1 aromatic carbocycles. The van der Waals surface area contributed by atoms with Crippen LogP contribution in [0.2, 0.25) is 0 Å². The first-order valence-corrected chi connectivity index (χ1v) is 5.78. The molecule has 0 saturated carbocycles. The number of likely N-dealkylation sites (N-methyl/N-ethyl adjacent to an activating group) is 1. The van der Waals surface area contributed by atoms with Crippen LogP contribution in [0.3, 0.4) is 0 Å². The highest BCUT2D eigenvalue weighted by atomic mass is 16.5. The highest BCUT2D eigenvalue weighted by Gasteiger charge is 2.38. The van der Waals surface area contributed by atoms with Crippen LogP contribution in [-0.4, -0.2) is 14.2 Å². The van der Waals surface area contributed by atoms with Crippen molar-refractivity contribution in [1.82, 2.24) is 0 Å². The SMILES string of the molecule is C=C/C=C1\N(C)c2ccc(OC)cc2C1(C)C. The molecule has 0 atom stereocenters. The van der Waals surface area contributed by atoms with Crippen LogP contribution in [0, 0.1) is 0 Å². The van der Waals surface area contributed by atoms with Gasteiger partial charge in [-0.1, -0.05) is 26.5 Å². The number of anilines is 1. The minimum atomic E-state index is -0.00713. The number of methoxy groups -OCH3 is 1. The van der Waals surface area contributed by atoms with E-state index in [4.69, 9.17) is 4.74 Å². The van der Waals surface area contributed by atoms with E-state index >= 15 is 0 Å². The fourth-order valence-corrected chi connectivity index (χ4v) is 2.55. The molecule has 0 fully saturated rings. The van der Waals surface area contributed by atoms with Gasteiger partial charge in [-0.3, -0.25) is 0 Å².